The Morgan fingerprint density at radius 1 is 1.00 bits per heavy atom. The molecule has 0 radical (unpaired) electrons. The van der Waals surface area contributed by atoms with Crippen LogP contribution in [-0.2, 0) is 34.2 Å². The van der Waals surface area contributed by atoms with Crippen LogP contribution in [0.2, 0.25) is 0 Å². The normalized spacial score (nSPS) is 17.3. The van der Waals surface area contributed by atoms with Crippen molar-refractivity contribution in [3.8, 4) is 28.7 Å². The lowest BCUT2D eigenvalue weighted by atomic mass is 9.89. The minimum absolute atomic E-state index is 0.0433. The molecule has 0 saturated carbocycles. The molecule has 248 valence electrons. The molecule has 1 N–H and O–H groups in total. The molecule has 0 saturated heterocycles. The molecule has 0 fully saturated rings. The summed E-state index contributed by atoms with van der Waals surface area (Å²) in [6.45, 7) is 5.21. The highest BCUT2D eigenvalue weighted by Gasteiger charge is 2.40. The van der Waals surface area contributed by atoms with Crippen LogP contribution in [0.3, 0.4) is 0 Å². The van der Waals surface area contributed by atoms with E-state index in [0.717, 1.165) is 16.7 Å². The Kier molecular flexibility index (Phi) is 9.42. The molecule has 47 heavy (non-hydrogen) atoms. The Morgan fingerprint density at radius 3 is 2.60 bits per heavy atom. The number of carbonyl (C=O) groups is 1. The van der Waals surface area contributed by atoms with Gasteiger partial charge in [-0.25, -0.2) is 8.42 Å². The van der Waals surface area contributed by atoms with Gasteiger partial charge in [-0.1, -0.05) is 18.2 Å². The van der Waals surface area contributed by atoms with Gasteiger partial charge in [0.2, 0.25) is 15.9 Å². The summed E-state index contributed by atoms with van der Waals surface area (Å²) in [5.41, 5.74) is 3.85. The van der Waals surface area contributed by atoms with E-state index in [0.29, 0.717) is 85.4 Å². The van der Waals surface area contributed by atoms with Gasteiger partial charge >= 0.3 is 0 Å². The number of aryl methyl sites for hydroxylation is 3. The third-order valence-corrected chi connectivity index (χ3v) is 10.6. The molecule has 4 heterocycles. The number of sulfonamides is 1. The van der Waals surface area contributed by atoms with Crippen LogP contribution in [0.4, 0.5) is 0 Å². The third kappa shape index (κ3) is 6.66. The number of amides is 1. The summed E-state index contributed by atoms with van der Waals surface area (Å²) in [4.78, 5) is 12.7. The monoisotopic (exact) mass is 660 g/mol. The lowest BCUT2D eigenvalue weighted by Crippen LogP contribution is -2.40. The van der Waals surface area contributed by atoms with Crippen molar-refractivity contribution in [1.29, 1.82) is 0 Å². The zero-order chi connectivity index (χ0) is 33.1. The maximum atomic E-state index is 14.5. The number of nitrogens with zero attached hydrogens (tertiary/aromatic N) is 3. The van der Waals surface area contributed by atoms with E-state index >= 15 is 0 Å². The second kappa shape index (κ2) is 13.7. The van der Waals surface area contributed by atoms with Crippen LogP contribution in [0, 0.1) is 6.92 Å². The van der Waals surface area contributed by atoms with Gasteiger partial charge in [0.05, 0.1) is 32.6 Å². The van der Waals surface area contributed by atoms with E-state index in [-0.39, 0.29) is 17.3 Å². The highest BCUT2D eigenvalue weighted by Crippen LogP contribution is 2.45. The summed E-state index contributed by atoms with van der Waals surface area (Å²) < 4.78 is 56.1. The quantitative estimate of drug-likeness (QED) is 0.311. The average molecular weight is 661 g/mol. The number of nitrogens with one attached hydrogen (secondary N) is 1. The second-order valence-corrected chi connectivity index (χ2v) is 13.5. The van der Waals surface area contributed by atoms with Gasteiger partial charge < -0.3 is 24.3 Å². The number of hydrogen-bond donors (Lipinski definition) is 1. The Balaban J connectivity index is 1.51. The van der Waals surface area contributed by atoms with Crippen molar-refractivity contribution in [3.05, 3.63) is 88.7 Å². The van der Waals surface area contributed by atoms with E-state index in [2.05, 4.69) is 10.4 Å². The van der Waals surface area contributed by atoms with Crippen molar-refractivity contribution >= 4 is 15.9 Å². The van der Waals surface area contributed by atoms with Gasteiger partial charge in [-0.3, -0.25) is 9.48 Å². The van der Waals surface area contributed by atoms with Crippen molar-refractivity contribution in [1.82, 2.24) is 19.4 Å². The van der Waals surface area contributed by atoms with Crippen molar-refractivity contribution < 1.29 is 32.2 Å². The van der Waals surface area contributed by atoms with Gasteiger partial charge in [0, 0.05) is 32.3 Å². The maximum absolute atomic E-state index is 14.5. The van der Waals surface area contributed by atoms with Crippen molar-refractivity contribution in [3.63, 3.8) is 0 Å². The summed E-state index contributed by atoms with van der Waals surface area (Å²) in [6.07, 6.45) is 3.55. The van der Waals surface area contributed by atoms with Crippen molar-refractivity contribution in [2.24, 2.45) is 0 Å². The first-order valence-electron chi connectivity index (χ1n) is 15.8. The Labute approximate surface area is 275 Å². The molecule has 0 spiro atoms. The molecule has 1 atom stereocenters. The zero-order valence-corrected chi connectivity index (χ0v) is 27.9. The summed E-state index contributed by atoms with van der Waals surface area (Å²) in [5.74, 6) is 2.56. The Morgan fingerprint density at radius 2 is 1.83 bits per heavy atom. The summed E-state index contributed by atoms with van der Waals surface area (Å²) in [5, 5.41) is 7.39. The lowest BCUT2D eigenvalue weighted by molar-refractivity contribution is -0.121. The number of fused-ring (bicyclic) bond motifs is 8. The summed E-state index contributed by atoms with van der Waals surface area (Å²) in [6, 6.07) is 16.2. The first kappa shape index (κ1) is 32.4. The molecule has 0 aliphatic carbocycles. The number of aromatic nitrogens is 2. The van der Waals surface area contributed by atoms with Crippen molar-refractivity contribution in [2.45, 2.75) is 57.0 Å². The predicted molar refractivity (Wildman–Crippen MR) is 176 cm³/mol. The molecule has 1 aromatic heterocycles. The molecule has 7 rings (SSSR count). The van der Waals surface area contributed by atoms with Crippen LogP contribution in [0.15, 0.2) is 65.7 Å². The molecule has 12 heteroatoms. The van der Waals surface area contributed by atoms with E-state index in [4.69, 9.17) is 18.9 Å². The van der Waals surface area contributed by atoms with Gasteiger partial charge in [-0.05, 0) is 91.8 Å². The molecule has 1 unspecified atom stereocenters. The topological polar surface area (TPSA) is 121 Å². The number of hydrogen-bond acceptors (Lipinski definition) is 8. The average Bonchev–Trinajstić information content (AvgIpc) is 3.47. The Bertz CT molecular complexity index is 1890. The van der Waals surface area contributed by atoms with E-state index in [9.17, 15) is 13.2 Å². The van der Waals surface area contributed by atoms with E-state index in [1.165, 1.54) is 4.31 Å². The van der Waals surface area contributed by atoms with Crippen LogP contribution >= 0.6 is 0 Å². The SMILES string of the molecule is CCn1cc(S(=O)(=O)N2CCc3cc4c(OC)cc3C2c2ccc(OC)c(c2)OCCCNC(=O)CCc2cccc(c2)O4)c(C)n1. The van der Waals surface area contributed by atoms with Crippen LogP contribution in [0.25, 0.3) is 0 Å². The fourth-order valence-electron chi connectivity index (χ4n) is 6.18. The van der Waals surface area contributed by atoms with Gasteiger partial charge in [0.1, 0.15) is 10.6 Å². The van der Waals surface area contributed by atoms with E-state index < -0.39 is 16.1 Å². The fourth-order valence-corrected chi connectivity index (χ4v) is 7.95. The molecular weight excluding hydrogens is 620 g/mol. The molecule has 3 aromatic carbocycles. The van der Waals surface area contributed by atoms with E-state index in [1.807, 2.05) is 55.5 Å². The predicted octanol–water partition coefficient (Wildman–Crippen LogP) is 5.19. The highest BCUT2D eigenvalue weighted by molar-refractivity contribution is 7.89. The first-order chi connectivity index (χ1) is 22.7. The molecule has 1 amide bonds. The van der Waals surface area contributed by atoms with Crippen LogP contribution in [0.5, 0.6) is 28.7 Å². The molecular formula is C35H40N4O7S. The smallest absolute Gasteiger partial charge is 0.247 e. The number of methoxy groups -OCH3 is 2. The number of carbonyl (C=O) groups excluding carboxylic acids is 1. The molecule has 4 aromatic rings. The minimum Gasteiger partial charge on any atom is -0.493 e. The zero-order valence-electron chi connectivity index (χ0n) is 27.1. The minimum atomic E-state index is -3.99. The fraction of sp³-hybridized carbons (Fsp3) is 0.371. The highest BCUT2D eigenvalue weighted by atomic mass is 32.2. The maximum Gasteiger partial charge on any atom is 0.247 e. The largest absolute Gasteiger partial charge is 0.493 e. The molecule has 3 aliphatic heterocycles. The first-order valence-corrected chi connectivity index (χ1v) is 17.3. The number of rotatable bonds is 5. The van der Waals surface area contributed by atoms with Gasteiger partial charge in [0.15, 0.2) is 23.0 Å². The summed E-state index contributed by atoms with van der Waals surface area (Å²) in [7, 11) is -0.864. The van der Waals surface area contributed by atoms with Gasteiger partial charge in [-0.2, -0.15) is 9.40 Å². The third-order valence-electron chi connectivity index (χ3n) is 8.59. The number of benzene rings is 3. The summed E-state index contributed by atoms with van der Waals surface area (Å²) >= 11 is 0. The standard InChI is InChI=1S/C35H40N4O7S/c1-5-38-22-33(23(2)37-38)47(41,42)39-16-14-25-19-32-30(44-4)21-28(25)35(39)26-11-12-29(43-3)31(20-26)45-17-7-15-36-34(40)13-10-24-8-6-9-27(18-24)46-32/h6,8-9,11-12,18-22,35H,5,7,10,13-17H2,1-4H3,(H,36,40). The molecule has 8 bridgehead atoms. The Hall–Kier alpha value is -4.55. The molecule has 3 aliphatic rings. The van der Waals surface area contributed by atoms with Crippen LogP contribution < -0.4 is 24.3 Å². The van der Waals surface area contributed by atoms with Crippen molar-refractivity contribution in [2.75, 3.05) is 33.9 Å². The van der Waals surface area contributed by atoms with E-state index in [1.54, 1.807) is 38.1 Å². The van der Waals surface area contributed by atoms with Gasteiger partial charge in [-0.15, -0.1) is 0 Å². The second-order valence-electron chi connectivity index (χ2n) is 11.6. The lowest BCUT2D eigenvalue weighted by Gasteiger charge is -2.37. The van der Waals surface area contributed by atoms with Crippen LogP contribution in [0.1, 0.15) is 53.8 Å². The number of ether oxygens (including phenoxy) is 4. The molecule has 11 nitrogen and oxygen atoms in total. The van der Waals surface area contributed by atoms with Crippen LogP contribution in [-0.4, -0.2) is 62.3 Å². The van der Waals surface area contributed by atoms with Gasteiger partial charge in [0.25, 0.3) is 0 Å².